The molecule has 47 heteroatoms. The lowest BCUT2D eigenvalue weighted by molar-refractivity contribution is -0.117. The van der Waals surface area contributed by atoms with E-state index in [1.54, 1.807) is 152 Å². The monoisotopic (exact) mass is 1770 g/mol. The fraction of sp³-hybridized carbons (Fsp3) is 0.200. The first-order chi connectivity index (χ1) is 51.5. The van der Waals surface area contributed by atoms with Gasteiger partial charge in [-0.1, -0.05) is 48.5 Å². The first-order valence-corrected chi connectivity index (χ1v) is 32.8. The minimum Gasteiger partial charge on any atom is -0.369 e. The maximum atomic E-state index is 13.7. The summed E-state index contributed by atoms with van der Waals surface area (Å²) in [6.45, 7) is 13.6. The number of hydrogen-bond acceptors (Lipinski definition) is 20. The molecule has 0 aliphatic carbocycles. The minimum absolute atomic E-state index is 0. The number of anilines is 3. The van der Waals surface area contributed by atoms with Crippen molar-refractivity contribution in [2.24, 2.45) is 173 Å². The van der Waals surface area contributed by atoms with E-state index in [-0.39, 0.29) is 196 Å². The van der Waals surface area contributed by atoms with Gasteiger partial charge in [0.25, 0.3) is 0 Å². The third-order valence-corrected chi connectivity index (χ3v) is 14.8. The van der Waals surface area contributed by atoms with E-state index >= 15 is 0 Å². The molecule has 117 heavy (non-hydrogen) atoms. The molecule has 0 radical (unpaired) electrons. The van der Waals surface area contributed by atoms with E-state index in [9.17, 15) is 19.2 Å². The molecular formula is C70H99Cl8N35O4. The molecule has 0 saturated heterocycles. The van der Waals surface area contributed by atoms with E-state index in [2.05, 4.69) is 97.6 Å². The first kappa shape index (κ1) is 111. The van der Waals surface area contributed by atoms with Crippen LogP contribution in [0.2, 0.25) is 0 Å². The number of guanidine groups is 8. The number of nitrogens with one attached hydrogen (secondary N) is 3. The molecule has 0 saturated carbocycles. The molecule has 0 heterocycles. The standard InChI is InChI=1S/C36H48N18O2.C34H43N17O2.8ClH/c1-19(47-51-33(37)38)25-13-26(20(2)48-52-34(39)40)16-29(15-25)45-31(55)10-8-23-6-5-7-24(12-23)9-11-32(56)46-30-17-27(21(3)49-53-35(41)42)14-28(18-30)22(4)50-54-36(43)44;1-17(44-48-31(35)36)23-11-24(18(2)45-49-32(37)38)14-27(13-23)29(52)9-21-6-5-7-22(8-21)10-30(53)43-28-15-25(19(3)46-50-33(39)40)12-26(16-28)20(4)47-51-34(41)42;;;;;;;;/h5-7,12-18H,8-11H2,1-4H3,(H,45,55)(H,46,56)(H4,37,38,51)(H4,39,40,52)(H4,41,42,53)(H4,43,44,54);5-8,11-16H,9-10H2,1-4H3,(H,43,53)(H4,35,36,48)(H4,37,38,49)(H4,39,40,50)(H4,41,42,51);8*1H/b47-19+,48-20+,49-21+,50-22+;44-17+,45-18+,46-19+,47-20+;;;;;;;;. The number of amides is 3. The van der Waals surface area contributed by atoms with Crippen LogP contribution in [0.4, 0.5) is 17.1 Å². The first-order valence-electron chi connectivity index (χ1n) is 32.8. The molecular weight excluding hydrogens is 1680 g/mol. The maximum absolute atomic E-state index is 13.7. The van der Waals surface area contributed by atoms with Crippen LogP contribution in [0.15, 0.2) is 203 Å². The van der Waals surface area contributed by atoms with Crippen molar-refractivity contribution < 1.29 is 19.2 Å². The number of hydrogen-bond donors (Lipinski definition) is 19. The Morgan fingerprint density at radius 3 is 0.658 bits per heavy atom. The lowest BCUT2D eigenvalue weighted by Gasteiger charge is -2.12. The predicted octanol–water partition coefficient (Wildman–Crippen LogP) is 4.48. The molecule has 634 valence electrons. The Morgan fingerprint density at radius 2 is 0.427 bits per heavy atom. The molecule has 39 nitrogen and oxygen atoms in total. The molecule has 6 aromatic carbocycles. The van der Waals surface area contributed by atoms with E-state index in [4.69, 9.17) is 91.7 Å². The van der Waals surface area contributed by atoms with Gasteiger partial charge in [0.1, 0.15) is 0 Å². The predicted molar refractivity (Wildman–Crippen MR) is 495 cm³/mol. The number of carbonyl (C=O) groups excluding carboxylic acids is 4. The summed E-state index contributed by atoms with van der Waals surface area (Å²) in [5.41, 5.74) is 101. The maximum Gasteiger partial charge on any atom is 0.228 e. The highest BCUT2D eigenvalue weighted by atomic mass is 35.5. The third kappa shape index (κ3) is 40.7. The van der Waals surface area contributed by atoms with Crippen molar-refractivity contribution in [2.75, 3.05) is 16.0 Å². The average Bonchev–Trinajstić information content (AvgIpc) is 0.851. The number of aryl methyl sites for hydroxylation is 2. The molecule has 6 rings (SSSR count). The van der Waals surface area contributed by atoms with Crippen LogP contribution < -0.4 is 108 Å². The van der Waals surface area contributed by atoms with Crippen LogP contribution in [0.25, 0.3) is 0 Å². The van der Waals surface area contributed by atoms with Crippen molar-refractivity contribution in [3.8, 4) is 0 Å². The van der Waals surface area contributed by atoms with Gasteiger partial charge < -0.3 is 108 Å². The summed E-state index contributed by atoms with van der Waals surface area (Å²) in [5, 5.41) is 70.8. The van der Waals surface area contributed by atoms with Gasteiger partial charge in [-0.2, -0.15) is 40.8 Å². The van der Waals surface area contributed by atoms with Crippen LogP contribution in [-0.2, 0) is 40.1 Å². The third-order valence-electron chi connectivity index (χ3n) is 14.8. The van der Waals surface area contributed by atoms with E-state index < -0.39 is 0 Å². The second kappa shape index (κ2) is 54.9. The highest BCUT2D eigenvalue weighted by Crippen LogP contribution is 2.24. The Morgan fingerprint density at radius 1 is 0.239 bits per heavy atom. The number of nitrogens with zero attached hydrogens (tertiary/aromatic N) is 16. The molecule has 6 aromatic rings. The van der Waals surface area contributed by atoms with Crippen molar-refractivity contribution in [1.29, 1.82) is 0 Å². The zero-order chi connectivity index (χ0) is 80.6. The van der Waals surface area contributed by atoms with Crippen LogP contribution >= 0.6 is 99.3 Å². The number of benzene rings is 6. The second-order valence-corrected chi connectivity index (χ2v) is 23.9. The van der Waals surface area contributed by atoms with Gasteiger partial charge in [-0.15, -0.1) is 140 Å². The minimum atomic E-state index is -0.322. The fourth-order valence-corrected chi connectivity index (χ4v) is 9.51. The van der Waals surface area contributed by atoms with Gasteiger partial charge in [0.05, 0.1) is 52.1 Å². The summed E-state index contributed by atoms with van der Waals surface area (Å²) in [6.07, 6.45) is 1.30. The highest BCUT2D eigenvalue weighted by Gasteiger charge is 2.18. The summed E-state index contributed by atoms with van der Waals surface area (Å²) in [7, 11) is 0. The molecule has 0 unspecified atom stereocenters. The molecule has 3 amide bonds. The number of Topliss-reactive ketones (excluding diaryl/α,β-unsaturated/α-hetero) is 1. The molecule has 0 fully saturated rings. The second-order valence-electron chi connectivity index (χ2n) is 23.9. The van der Waals surface area contributed by atoms with Crippen molar-refractivity contribution >= 4 is 233 Å². The lowest BCUT2D eigenvalue weighted by atomic mass is 9.95. The van der Waals surface area contributed by atoms with Crippen molar-refractivity contribution in [1.82, 2.24) is 0 Å². The zero-order valence-electron chi connectivity index (χ0n) is 64.6. The molecule has 0 aromatic heterocycles. The molecule has 35 N–H and O–H groups in total. The van der Waals surface area contributed by atoms with Crippen LogP contribution in [0, 0.1) is 0 Å². The van der Waals surface area contributed by atoms with E-state index in [0.717, 1.165) is 11.1 Å². The van der Waals surface area contributed by atoms with Gasteiger partial charge in [0.15, 0.2) is 5.78 Å². The van der Waals surface area contributed by atoms with E-state index in [0.29, 0.717) is 137 Å². The van der Waals surface area contributed by atoms with Crippen LogP contribution in [0.3, 0.4) is 0 Å². The summed E-state index contributed by atoms with van der Waals surface area (Å²) in [6, 6.07) is 35.7. The summed E-state index contributed by atoms with van der Waals surface area (Å²) < 4.78 is 0. The Balaban J connectivity index is -0.00000102. The SMILES string of the molecule is C/C(=N\N=C(N)N)c1cc(NC(=O)CCc2cccc(CCC(=O)Nc3cc(/C(C)=N/N=C(N)N)cc(/C(C)=N/N=C(N)N)c3)c2)cc(/C(C)=N/N=C(N)N)c1.C/C(=N\N=C(N)N)c1cc(NC(=O)Cc2cccc(CC(=O)c3cc(/C(C)=N/N=C(N)N)cc(/C(C)=N/N=C(N)N)c3)c2)cc(/C(C)=N/N=C(N)N)c1.Cl.Cl.Cl.Cl.Cl.Cl.Cl.Cl. The van der Waals surface area contributed by atoms with Crippen LogP contribution in [0.1, 0.15) is 145 Å². The van der Waals surface area contributed by atoms with Crippen LogP contribution in [0.5, 0.6) is 0 Å². The van der Waals surface area contributed by atoms with Gasteiger partial charge in [-0.3, -0.25) is 19.2 Å². The Hall–Kier alpha value is -12.8. The highest BCUT2D eigenvalue weighted by molar-refractivity contribution is 6.11. The van der Waals surface area contributed by atoms with Gasteiger partial charge in [0.2, 0.25) is 65.4 Å². The largest absolute Gasteiger partial charge is 0.369 e. The zero-order valence-corrected chi connectivity index (χ0v) is 71.1. The van der Waals surface area contributed by atoms with E-state index in [1.165, 1.54) is 0 Å². The van der Waals surface area contributed by atoms with Gasteiger partial charge in [-0.05, 0) is 174 Å². The molecule has 0 aliphatic rings. The number of halogens is 8. The van der Waals surface area contributed by atoms with Crippen LogP contribution in [-0.4, -0.2) is 117 Å². The Kier molecular flexibility index (Phi) is 51.9. The quantitative estimate of drug-likeness (QED) is 0.0128. The molecule has 0 atom stereocenters. The van der Waals surface area contributed by atoms with Gasteiger partial charge in [-0.25, -0.2) is 0 Å². The normalized spacial score (nSPS) is 11.1. The summed E-state index contributed by atoms with van der Waals surface area (Å²) in [4.78, 5) is 53.2. The van der Waals surface area contributed by atoms with Gasteiger partial charge >= 0.3 is 0 Å². The number of ketones is 1. The summed E-state index contributed by atoms with van der Waals surface area (Å²) in [5.74, 6) is -2.65. The van der Waals surface area contributed by atoms with Crippen molar-refractivity contribution in [3.63, 3.8) is 0 Å². The lowest BCUT2D eigenvalue weighted by Crippen LogP contribution is -2.22. The summed E-state index contributed by atoms with van der Waals surface area (Å²) >= 11 is 0. The number of carbonyl (C=O) groups is 4. The Bertz CT molecular complexity index is 4560. The topological polar surface area (TPSA) is 718 Å². The molecule has 0 spiro atoms. The Labute approximate surface area is 724 Å². The molecule has 0 aliphatic heterocycles. The van der Waals surface area contributed by atoms with Gasteiger partial charge in [0, 0.05) is 75.3 Å². The number of rotatable bonds is 30. The van der Waals surface area contributed by atoms with Crippen molar-refractivity contribution in [2.45, 2.75) is 93.9 Å². The smallest absolute Gasteiger partial charge is 0.228 e. The number of nitrogens with two attached hydrogens (primary N) is 16. The molecule has 0 bridgehead atoms. The fourth-order valence-electron chi connectivity index (χ4n) is 9.51. The van der Waals surface area contributed by atoms with Crippen molar-refractivity contribution in [3.05, 3.63) is 194 Å². The van der Waals surface area contributed by atoms with E-state index in [1.807, 2.05) is 24.3 Å². The average molecular weight is 1780 g/mol.